The molecule has 1 aromatic carbocycles. The summed E-state index contributed by atoms with van der Waals surface area (Å²) in [5.41, 5.74) is 0.0542. The molecule has 4 heteroatoms. The summed E-state index contributed by atoms with van der Waals surface area (Å²) in [5, 5.41) is 2.82. The molecule has 2 nitrogen and oxygen atoms in total. The fourth-order valence-corrected chi connectivity index (χ4v) is 2.02. The van der Waals surface area contributed by atoms with Crippen LogP contribution < -0.4 is 5.32 Å². The summed E-state index contributed by atoms with van der Waals surface area (Å²) in [4.78, 5) is 12.5. The van der Waals surface area contributed by atoms with Gasteiger partial charge in [0.05, 0.1) is 5.56 Å². The van der Waals surface area contributed by atoms with Crippen LogP contribution in [0.2, 0.25) is 0 Å². The predicted octanol–water partition coefficient (Wildman–Crippen LogP) is 3.67. The molecular weight excluding hydrogens is 249 g/mol. The number of hydrogen-bond donors (Lipinski definition) is 2. The molecule has 18 heavy (non-hydrogen) atoms. The Balaban J connectivity index is 2.67. The second-order valence-corrected chi connectivity index (χ2v) is 5.30. The van der Waals surface area contributed by atoms with Crippen molar-refractivity contribution in [2.24, 2.45) is 5.92 Å². The van der Waals surface area contributed by atoms with E-state index in [1.807, 2.05) is 6.92 Å². The lowest BCUT2D eigenvalue weighted by Crippen LogP contribution is -2.34. The van der Waals surface area contributed by atoms with E-state index in [0.29, 0.717) is 10.8 Å². The lowest BCUT2D eigenvalue weighted by Gasteiger charge is -2.17. The Hall–Kier alpha value is -1.03. The number of nitrogens with one attached hydrogen (secondary N) is 1. The van der Waals surface area contributed by atoms with Gasteiger partial charge in [0.1, 0.15) is 5.82 Å². The third kappa shape index (κ3) is 4.33. The van der Waals surface area contributed by atoms with Crippen LogP contribution in [0.4, 0.5) is 4.39 Å². The Morgan fingerprint density at radius 3 is 2.72 bits per heavy atom. The molecule has 2 atom stereocenters. The lowest BCUT2D eigenvalue weighted by atomic mass is 10.00. The lowest BCUT2D eigenvalue weighted by molar-refractivity contribution is 0.0931. The van der Waals surface area contributed by atoms with E-state index in [-0.39, 0.29) is 17.5 Å². The van der Waals surface area contributed by atoms with Gasteiger partial charge in [-0.2, -0.15) is 0 Å². The highest BCUT2D eigenvalue weighted by atomic mass is 32.1. The van der Waals surface area contributed by atoms with Gasteiger partial charge in [0.2, 0.25) is 0 Å². The molecule has 0 saturated carbocycles. The van der Waals surface area contributed by atoms with Gasteiger partial charge in [0.25, 0.3) is 5.91 Å². The number of thiol groups is 1. The summed E-state index contributed by atoms with van der Waals surface area (Å²) in [7, 11) is 0. The molecular formula is C14H20FNOS. The Morgan fingerprint density at radius 1 is 1.44 bits per heavy atom. The second-order valence-electron chi connectivity index (χ2n) is 4.79. The zero-order chi connectivity index (χ0) is 13.7. The number of amides is 1. The van der Waals surface area contributed by atoms with Crippen LogP contribution >= 0.6 is 12.6 Å². The third-order valence-electron chi connectivity index (χ3n) is 3.02. The summed E-state index contributed by atoms with van der Waals surface area (Å²) in [6.45, 7) is 6.19. The monoisotopic (exact) mass is 269 g/mol. The molecule has 0 fully saturated rings. The molecule has 1 amide bonds. The molecule has 1 aromatic rings. The zero-order valence-electron chi connectivity index (χ0n) is 11.0. The maximum atomic E-state index is 13.5. The van der Waals surface area contributed by atoms with E-state index in [9.17, 15) is 9.18 Å². The smallest absolute Gasteiger partial charge is 0.254 e. The number of halogens is 1. The molecule has 0 aromatic heterocycles. The minimum absolute atomic E-state index is 0.0374. The summed E-state index contributed by atoms with van der Waals surface area (Å²) in [5.74, 6) is -0.346. The van der Waals surface area contributed by atoms with Crippen molar-refractivity contribution >= 4 is 18.5 Å². The highest BCUT2D eigenvalue weighted by molar-refractivity contribution is 7.80. The van der Waals surface area contributed by atoms with E-state index >= 15 is 0 Å². The van der Waals surface area contributed by atoms with E-state index in [1.54, 1.807) is 0 Å². The summed E-state index contributed by atoms with van der Waals surface area (Å²) in [6, 6.07) is 4.27. The van der Waals surface area contributed by atoms with Crippen molar-refractivity contribution in [3.63, 3.8) is 0 Å². The molecule has 1 N–H and O–H groups in total. The Morgan fingerprint density at radius 2 is 2.11 bits per heavy atom. The van der Waals surface area contributed by atoms with Gasteiger partial charge < -0.3 is 5.32 Å². The van der Waals surface area contributed by atoms with Gasteiger partial charge >= 0.3 is 0 Å². The number of benzene rings is 1. The second kappa shape index (κ2) is 6.78. The number of rotatable bonds is 5. The molecule has 0 aliphatic heterocycles. The maximum Gasteiger partial charge on any atom is 0.254 e. The van der Waals surface area contributed by atoms with Crippen molar-refractivity contribution < 1.29 is 9.18 Å². The normalized spacial score (nSPS) is 14.1. The van der Waals surface area contributed by atoms with Crippen LogP contribution in [0.15, 0.2) is 23.1 Å². The van der Waals surface area contributed by atoms with Gasteiger partial charge in [-0.3, -0.25) is 4.79 Å². The number of carbonyl (C=O) groups excluding carboxylic acids is 1. The van der Waals surface area contributed by atoms with Crippen LogP contribution in [-0.4, -0.2) is 11.9 Å². The van der Waals surface area contributed by atoms with Crippen molar-refractivity contribution in [2.75, 3.05) is 0 Å². The van der Waals surface area contributed by atoms with Gasteiger partial charge in [0.15, 0.2) is 0 Å². The van der Waals surface area contributed by atoms with E-state index < -0.39 is 5.82 Å². The summed E-state index contributed by atoms with van der Waals surface area (Å²) in [6.07, 6.45) is 1.96. The van der Waals surface area contributed by atoms with Crippen LogP contribution in [0.1, 0.15) is 44.0 Å². The van der Waals surface area contributed by atoms with Gasteiger partial charge in [-0.05, 0) is 37.5 Å². The first kappa shape index (κ1) is 15.0. The molecule has 0 spiro atoms. The molecule has 100 valence electrons. The highest BCUT2D eigenvalue weighted by Crippen LogP contribution is 2.15. The fourth-order valence-electron chi connectivity index (χ4n) is 1.82. The molecule has 0 aliphatic rings. The Kier molecular flexibility index (Phi) is 5.66. The van der Waals surface area contributed by atoms with Crippen molar-refractivity contribution in [3.8, 4) is 0 Å². The van der Waals surface area contributed by atoms with Crippen molar-refractivity contribution in [1.29, 1.82) is 0 Å². The van der Waals surface area contributed by atoms with Gasteiger partial charge in [-0.15, -0.1) is 12.6 Å². The SMILES string of the molecule is CCC(C)CC(C)NC(=O)c1cc(S)ccc1F. The first-order valence-electron chi connectivity index (χ1n) is 6.23. The minimum atomic E-state index is -0.513. The minimum Gasteiger partial charge on any atom is -0.349 e. The first-order valence-corrected chi connectivity index (χ1v) is 6.68. The van der Waals surface area contributed by atoms with E-state index in [0.717, 1.165) is 12.8 Å². The van der Waals surface area contributed by atoms with Crippen LogP contribution in [0.3, 0.4) is 0 Å². The summed E-state index contributed by atoms with van der Waals surface area (Å²) >= 11 is 4.11. The van der Waals surface area contributed by atoms with Crippen LogP contribution in [0.5, 0.6) is 0 Å². The van der Waals surface area contributed by atoms with Crippen molar-refractivity contribution in [1.82, 2.24) is 5.32 Å². The van der Waals surface area contributed by atoms with Crippen LogP contribution in [0, 0.1) is 11.7 Å². The first-order chi connectivity index (χ1) is 8.43. The van der Waals surface area contributed by atoms with Gasteiger partial charge in [-0.1, -0.05) is 20.3 Å². The highest BCUT2D eigenvalue weighted by Gasteiger charge is 2.15. The average Bonchev–Trinajstić information content (AvgIpc) is 2.31. The molecule has 0 radical (unpaired) electrons. The Bertz CT molecular complexity index is 422. The van der Waals surface area contributed by atoms with Crippen LogP contribution in [-0.2, 0) is 0 Å². The third-order valence-corrected chi connectivity index (χ3v) is 3.30. The van der Waals surface area contributed by atoms with E-state index in [2.05, 4.69) is 31.8 Å². The molecule has 0 saturated heterocycles. The number of carbonyl (C=O) groups is 1. The maximum absolute atomic E-state index is 13.5. The molecule has 0 aliphatic carbocycles. The zero-order valence-corrected chi connectivity index (χ0v) is 11.9. The summed E-state index contributed by atoms with van der Waals surface area (Å²) < 4.78 is 13.5. The van der Waals surface area contributed by atoms with Crippen molar-refractivity contribution in [3.05, 3.63) is 29.6 Å². The quantitative estimate of drug-likeness (QED) is 0.785. The average molecular weight is 269 g/mol. The molecule has 2 unspecified atom stereocenters. The predicted molar refractivity (Wildman–Crippen MR) is 74.7 cm³/mol. The van der Waals surface area contributed by atoms with Gasteiger partial charge in [-0.25, -0.2) is 4.39 Å². The van der Waals surface area contributed by atoms with Gasteiger partial charge in [0, 0.05) is 10.9 Å². The molecule has 0 heterocycles. The standard InChI is InChI=1S/C14H20FNOS/c1-4-9(2)7-10(3)16-14(17)12-8-11(18)5-6-13(12)15/h5-6,8-10,18H,4,7H2,1-3H3,(H,16,17). The topological polar surface area (TPSA) is 29.1 Å². The van der Waals surface area contributed by atoms with E-state index in [1.165, 1.54) is 18.2 Å². The number of hydrogen-bond acceptors (Lipinski definition) is 2. The Labute approximate surface area is 113 Å². The molecule has 0 bridgehead atoms. The van der Waals surface area contributed by atoms with E-state index in [4.69, 9.17) is 0 Å². The van der Waals surface area contributed by atoms with Crippen molar-refractivity contribution in [2.45, 2.75) is 44.6 Å². The molecule has 1 rings (SSSR count). The van der Waals surface area contributed by atoms with Crippen LogP contribution in [0.25, 0.3) is 0 Å². The largest absolute Gasteiger partial charge is 0.349 e. The fraction of sp³-hybridized carbons (Fsp3) is 0.500.